The van der Waals surface area contributed by atoms with Crippen LogP contribution < -0.4 is 4.90 Å². The van der Waals surface area contributed by atoms with E-state index in [1.165, 1.54) is 20.8 Å². The normalized spacial score (nSPS) is 14.7. The SMILES string of the molecule is CC(C)N(CCO)C(=O)CN1CCN(c2ccccc2F)C1=O. The Kier molecular flexibility index (Phi) is 5.54. The predicted molar refractivity (Wildman–Crippen MR) is 84.6 cm³/mol. The van der Waals surface area contributed by atoms with Gasteiger partial charge >= 0.3 is 6.03 Å². The van der Waals surface area contributed by atoms with Crippen LogP contribution in [-0.2, 0) is 4.79 Å². The van der Waals surface area contributed by atoms with E-state index in [1.54, 1.807) is 18.2 Å². The molecule has 23 heavy (non-hydrogen) atoms. The first-order valence-electron chi connectivity index (χ1n) is 7.67. The van der Waals surface area contributed by atoms with Gasteiger partial charge in [0.15, 0.2) is 0 Å². The van der Waals surface area contributed by atoms with Crippen LogP contribution in [0.25, 0.3) is 0 Å². The van der Waals surface area contributed by atoms with Crippen molar-refractivity contribution in [2.75, 3.05) is 37.7 Å². The first-order chi connectivity index (χ1) is 11.0. The third-order valence-electron chi connectivity index (χ3n) is 3.85. The van der Waals surface area contributed by atoms with Crippen molar-refractivity contribution in [2.45, 2.75) is 19.9 Å². The van der Waals surface area contributed by atoms with Gasteiger partial charge in [-0.05, 0) is 26.0 Å². The fourth-order valence-corrected chi connectivity index (χ4v) is 2.66. The number of carbonyl (C=O) groups is 2. The minimum atomic E-state index is -0.460. The second kappa shape index (κ2) is 7.41. The summed E-state index contributed by atoms with van der Waals surface area (Å²) in [5, 5.41) is 9.04. The maximum absolute atomic E-state index is 13.8. The van der Waals surface area contributed by atoms with E-state index in [0.717, 1.165) is 0 Å². The van der Waals surface area contributed by atoms with Gasteiger partial charge in [0.25, 0.3) is 0 Å². The molecule has 1 aromatic carbocycles. The van der Waals surface area contributed by atoms with Crippen LogP contribution in [0.2, 0.25) is 0 Å². The van der Waals surface area contributed by atoms with E-state index in [9.17, 15) is 14.0 Å². The highest BCUT2D eigenvalue weighted by molar-refractivity contribution is 5.96. The molecule has 1 aliphatic heterocycles. The Morgan fingerprint density at radius 2 is 2.04 bits per heavy atom. The van der Waals surface area contributed by atoms with Gasteiger partial charge in [-0.2, -0.15) is 0 Å². The molecule has 0 saturated carbocycles. The van der Waals surface area contributed by atoms with Gasteiger partial charge < -0.3 is 14.9 Å². The van der Waals surface area contributed by atoms with Crippen molar-refractivity contribution in [3.8, 4) is 0 Å². The average Bonchev–Trinajstić information content (AvgIpc) is 2.86. The molecular weight excluding hydrogens is 301 g/mol. The molecule has 1 aliphatic rings. The topological polar surface area (TPSA) is 64.1 Å². The van der Waals surface area contributed by atoms with Gasteiger partial charge in [-0.25, -0.2) is 9.18 Å². The summed E-state index contributed by atoms with van der Waals surface area (Å²) in [5.74, 6) is -0.684. The molecule has 1 heterocycles. The highest BCUT2D eigenvalue weighted by Crippen LogP contribution is 2.23. The Bertz CT molecular complexity index is 579. The molecule has 0 atom stereocenters. The van der Waals surface area contributed by atoms with Crippen LogP contribution in [0.15, 0.2) is 24.3 Å². The second-order valence-corrected chi connectivity index (χ2v) is 5.71. The van der Waals surface area contributed by atoms with Crippen LogP contribution >= 0.6 is 0 Å². The van der Waals surface area contributed by atoms with Crippen LogP contribution in [0.1, 0.15) is 13.8 Å². The zero-order valence-corrected chi connectivity index (χ0v) is 13.4. The van der Waals surface area contributed by atoms with E-state index in [0.29, 0.717) is 13.1 Å². The number of para-hydroxylation sites is 1. The zero-order chi connectivity index (χ0) is 17.0. The fourth-order valence-electron chi connectivity index (χ4n) is 2.66. The van der Waals surface area contributed by atoms with Gasteiger partial charge in [-0.3, -0.25) is 9.69 Å². The maximum Gasteiger partial charge on any atom is 0.325 e. The molecule has 0 unspecified atom stereocenters. The number of benzene rings is 1. The Hall–Kier alpha value is -2.15. The molecule has 0 radical (unpaired) electrons. The standard InChI is InChI=1S/C16H22FN3O3/c1-12(2)19(9-10-21)15(22)11-18-7-8-20(16(18)23)14-6-4-3-5-13(14)17/h3-6,12,21H,7-11H2,1-2H3. The third kappa shape index (κ3) is 3.79. The van der Waals surface area contributed by atoms with Crippen molar-refractivity contribution >= 4 is 17.6 Å². The number of carbonyl (C=O) groups excluding carboxylic acids is 2. The van der Waals surface area contributed by atoms with E-state index in [-0.39, 0.29) is 43.4 Å². The molecule has 0 spiro atoms. The lowest BCUT2D eigenvalue weighted by atomic mass is 10.3. The lowest BCUT2D eigenvalue weighted by Gasteiger charge is -2.28. The summed E-state index contributed by atoms with van der Waals surface area (Å²) in [5.41, 5.74) is 0.225. The summed E-state index contributed by atoms with van der Waals surface area (Å²) in [6, 6.07) is 5.64. The van der Waals surface area contributed by atoms with Crippen molar-refractivity contribution in [3.05, 3.63) is 30.1 Å². The van der Waals surface area contributed by atoms with Crippen LogP contribution in [0, 0.1) is 5.82 Å². The van der Waals surface area contributed by atoms with E-state index in [2.05, 4.69) is 0 Å². The zero-order valence-electron chi connectivity index (χ0n) is 13.4. The smallest absolute Gasteiger partial charge is 0.325 e. The first kappa shape index (κ1) is 17.2. The molecule has 1 aromatic rings. The molecule has 1 fully saturated rings. The first-order valence-corrected chi connectivity index (χ1v) is 7.67. The maximum atomic E-state index is 13.8. The summed E-state index contributed by atoms with van der Waals surface area (Å²) < 4.78 is 13.8. The number of anilines is 1. The minimum absolute atomic E-state index is 0.0602. The van der Waals surface area contributed by atoms with Crippen LogP contribution in [-0.4, -0.2) is 65.7 Å². The molecule has 0 aliphatic carbocycles. The minimum Gasteiger partial charge on any atom is -0.395 e. The molecule has 7 heteroatoms. The van der Waals surface area contributed by atoms with E-state index >= 15 is 0 Å². The highest BCUT2D eigenvalue weighted by atomic mass is 19.1. The number of rotatable bonds is 6. The van der Waals surface area contributed by atoms with Gasteiger partial charge in [0, 0.05) is 25.7 Å². The summed E-state index contributed by atoms with van der Waals surface area (Å²) >= 11 is 0. The molecular formula is C16H22FN3O3. The van der Waals surface area contributed by atoms with Crippen molar-refractivity contribution in [3.63, 3.8) is 0 Å². The van der Waals surface area contributed by atoms with Gasteiger partial charge in [-0.1, -0.05) is 12.1 Å². The van der Waals surface area contributed by atoms with Gasteiger partial charge in [0.2, 0.25) is 5.91 Å². The van der Waals surface area contributed by atoms with Gasteiger partial charge in [-0.15, -0.1) is 0 Å². The Balaban J connectivity index is 2.05. The van der Waals surface area contributed by atoms with Crippen molar-refractivity contribution in [1.82, 2.24) is 9.80 Å². The van der Waals surface area contributed by atoms with Crippen LogP contribution in [0.3, 0.4) is 0 Å². The summed E-state index contributed by atoms with van der Waals surface area (Å²) in [4.78, 5) is 29.0. The monoisotopic (exact) mass is 323 g/mol. The predicted octanol–water partition coefficient (Wildman–Crippen LogP) is 1.30. The molecule has 6 nitrogen and oxygen atoms in total. The third-order valence-corrected chi connectivity index (χ3v) is 3.85. The highest BCUT2D eigenvalue weighted by Gasteiger charge is 2.33. The summed E-state index contributed by atoms with van der Waals surface area (Å²) in [7, 11) is 0. The number of hydrogen-bond donors (Lipinski definition) is 1. The Morgan fingerprint density at radius 3 is 2.65 bits per heavy atom. The molecule has 0 aromatic heterocycles. The lowest BCUT2D eigenvalue weighted by molar-refractivity contribution is -0.133. The van der Waals surface area contributed by atoms with Crippen molar-refractivity contribution in [2.24, 2.45) is 0 Å². The van der Waals surface area contributed by atoms with E-state index in [1.807, 2.05) is 13.8 Å². The second-order valence-electron chi connectivity index (χ2n) is 5.71. The molecule has 1 saturated heterocycles. The Labute approximate surface area is 135 Å². The number of urea groups is 1. The number of nitrogens with zero attached hydrogens (tertiary/aromatic N) is 3. The molecule has 1 N–H and O–H groups in total. The Morgan fingerprint density at radius 1 is 1.35 bits per heavy atom. The van der Waals surface area contributed by atoms with Gasteiger partial charge in [0.1, 0.15) is 12.4 Å². The van der Waals surface area contributed by atoms with E-state index < -0.39 is 5.82 Å². The largest absolute Gasteiger partial charge is 0.395 e. The molecule has 126 valence electrons. The lowest BCUT2D eigenvalue weighted by Crippen LogP contribution is -2.46. The number of aliphatic hydroxyl groups is 1. The van der Waals surface area contributed by atoms with Gasteiger partial charge in [0.05, 0.1) is 12.3 Å². The van der Waals surface area contributed by atoms with Crippen LogP contribution in [0.4, 0.5) is 14.9 Å². The molecule has 3 amide bonds. The number of aliphatic hydroxyl groups excluding tert-OH is 1. The number of hydrogen-bond acceptors (Lipinski definition) is 3. The van der Waals surface area contributed by atoms with Crippen molar-refractivity contribution in [1.29, 1.82) is 0 Å². The summed E-state index contributed by atoms with van der Waals surface area (Å²) in [6.07, 6.45) is 0. The fraction of sp³-hybridized carbons (Fsp3) is 0.500. The average molecular weight is 323 g/mol. The van der Waals surface area contributed by atoms with Crippen molar-refractivity contribution < 1.29 is 19.1 Å². The van der Waals surface area contributed by atoms with Crippen LogP contribution in [0.5, 0.6) is 0 Å². The summed E-state index contributed by atoms with van der Waals surface area (Å²) in [6.45, 7) is 4.45. The number of amides is 3. The molecule has 2 rings (SSSR count). The number of halogens is 1. The quantitative estimate of drug-likeness (QED) is 0.858. The molecule has 0 bridgehead atoms. The van der Waals surface area contributed by atoms with E-state index in [4.69, 9.17) is 5.11 Å².